The second kappa shape index (κ2) is 8.98. The lowest BCUT2D eigenvalue weighted by Crippen LogP contribution is -2.07. The first kappa shape index (κ1) is 22.1. The zero-order valence-electron chi connectivity index (χ0n) is 19.9. The molecule has 8 nitrogen and oxygen atoms in total. The number of hydrogen-bond acceptors (Lipinski definition) is 6. The number of allylic oxidation sites excluding steroid dienone is 1. The van der Waals surface area contributed by atoms with E-state index in [1.165, 1.54) is 0 Å². The third-order valence-corrected chi connectivity index (χ3v) is 6.50. The summed E-state index contributed by atoms with van der Waals surface area (Å²) in [5.41, 5.74) is 7.89. The van der Waals surface area contributed by atoms with Crippen LogP contribution in [0.4, 0.5) is 0 Å². The minimum Gasteiger partial charge on any atom is -0.488 e. The molecule has 0 atom stereocenters. The van der Waals surface area contributed by atoms with Crippen molar-refractivity contribution >= 4 is 22.2 Å². The Kier molecular flexibility index (Phi) is 5.50. The predicted octanol–water partition coefficient (Wildman–Crippen LogP) is 4.78. The molecule has 1 N–H and O–H groups in total. The topological polar surface area (TPSA) is 95.2 Å². The van der Waals surface area contributed by atoms with Gasteiger partial charge in [-0.3, -0.25) is 9.51 Å². The van der Waals surface area contributed by atoms with Crippen molar-refractivity contribution in [1.82, 2.24) is 19.7 Å². The molecule has 0 radical (unpaired) electrons. The van der Waals surface area contributed by atoms with Crippen molar-refractivity contribution in [2.24, 2.45) is 0 Å². The van der Waals surface area contributed by atoms with Crippen LogP contribution in [0.5, 0.6) is 5.75 Å². The van der Waals surface area contributed by atoms with Gasteiger partial charge in [0, 0.05) is 24.8 Å². The number of fused-ring (bicyclic) bond motifs is 3. The van der Waals surface area contributed by atoms with Crippen LogP contribution in [0.2, 0.25) is 0 Å². The van der Waals surface area contributed by atoms with Crippen LogP contribution in [0.15, 0.2) is 76.0 Å². The highest BCUT2D eigenvalue weighted by atomic mass is 16.5. The van der Waals surface area contributed by atoms with E-state index in [2.05, 4.69) is 39.0 Å². The van der Waals surface area contributed by atoms with Crippen LogP contribution < -0.4 is 10.5 Å². The van der Waals surface area contributed by atoms with Gasteiger partial charge in [-0.25, -0.2) is 9.78 Å². The number of aromatic amines is 1. The standard InChI is InChI=1S/C28H24N4O4/c1-17(27-30-28(33)36-31-27)26-20-12-11-18(13-19(20)15-35-24-10-6-3-7-21(24)26)14-32-23-9-5-4-8-22(23)29-25(32)16-34-2/h3-13H,14-16H2,1-2H3,(H,30,31,33). The van der Waals surface area contributed by atoms with E-state index in [1.54, 1.807) is 7.11 Å². The highest BCUT2D eigenvalue weighted by Crippen LogP contribution is 2.40. The Bertz CT molecular complexity index is 1670. The molecule has 0 spiro atoms. The molecule has 0 amide bonds. The van der Waals surface area contributed by atoms with Gasteiger partial charge in [0.25, 0.3) is 0 Å². The lowest BCUT2D eigenvalue weighted by Gasteiger charge is -2.15. The van der Waals surface area contributed by atoms with Crippen molar-refractivity contribution in [3.63, 3.8) is 0 Å². The summed E-state index contributed by atoms with van der Waals surface area (Å²) in [7, 11) is 1.68. The predicted molar refractivity (Wildman–Crippen MR) is 135 cm³/mol. The van der Waals surface area contributed by atoms with Crippen LogP contribution in [0.3, 0.4) is 0 Å². The van der Waals surface area contributed by atoms with Crippen LogP contribution in [-0.2, 0) is 24.5 Å². The van der Waals surface area contributed by atoms with E-state index < -0.39 is 5.76 Å². The molecule has 6 rings (SSSR count). The van der Waals surface area contributed by atoms with Gasteiger partial charge in [0.1, 0.15) is 24.8 Å². The fourth-order valence-electron chi connectivity index (χ4n) is 4.85. The van der Waals surface area contributed by atoms with E-state index in [1.807, 2.05) is 49.4 Å². The van der Waals surface area contributed by atoms with Crippen LogP contribution in [-0.4, -0.2) is 26.8 Å². The maximum absolute atomic E-state index is 11.7. The van der Waals surface area contributed by atoms with Gasteiger partial charge in [-0.05, 0) is 53.5 Å². The molecule has 36 heavy (non-hydrogen) atoms. The first-order valence-corrected chi connectivity index (χ1v) is 11.7. The molecule has 0 saturated carbocycles. The van der Waals surface area contributed by atoms with Gasteiger partial charge in [0.15, 0.2) is 5.82 Å². The van der Waals surface area contributed by atoms with E-state index >= 15 is 0 Å². The van der Waals surface area contributed by atoms with Gasteiger partial charge < -0.3 is 14.0 Å². The van der Waals surface area contributed by atoms with Gasteiger partial charge in [0.05, 0.1) is 11.0 Å². The molecule has 0 unspecified atom stereocenters. The molecule has 180 valence electrons. The Labute approximate surface area is 206 Å². The number of nitrogens with zero attached hydrogens (tertiary/aromatic N) is 3. The fourth-order valence-corrected chi connectivity index (χ4v) is 4.85. The van der Waals surface area contributed by atoms with E-state index in [9.17, 15) is 4.79 Å². The second-order valence-corrected chi connectivity index (χ2v) is 8.76. The largest absolute Gasteiger partial charge is 0.488 e. The quantitative estimate of drug-likeness (QED) is 0.389. The van der Waals surface area contributed by atoms with Crippen molar-refractivity contribution in [1.29, 1.82) is 0 Å². The minimum absolute atomic E-state index is 0.399. The van der Waals surface area contributed by atoms with Gasteiger partial charge in [0.2, 0.25) is 0 Å². The summed E-state index contributed by atoms with van der Waals surface area (Å²) in [5, 5.41) is 3.93. The van der Waals surface area contributed by atoms with Crippen molar-refractivity contribution in [2.45, 2.75) is 26.7 Å². The summed E-state index contributed by atoms with van der Waals surface area (Å²) in [6.45, 7) is 3.42. The first-order valence-electron chi connectivity index (χ1n) is 11.7. The van der Waals surface area contributed by atoms with Crippen molar-refractivity contribution in [3.05, 3.63) is 111 Å². The summed E-state index contributed by atoms with van der Waals surface area (Å²) in [6, 6.07) is 22.4. The summed E-state index contributed by atoms with van der Waals surface area (Å²) < 4.78 is 18.6. The van der Waals surface area contributed by atoms with Crippen molar-refractivity contribution in [2.75, 3.05) is 7.11 Å². The maximum Gasteiger partial charge on any atom is 0.439 e. The molecule has 0 bridgehead atoms. The monoisotopic (exact) mass is 480 g/mol. The van der Waals surface area contributed by atoms with E-state index in [0.29, 0.717) is 25.6 Å². The lowest BCUT2D eigenvalue weighted by atomic mass is 9.89. The zero-order chi connectivity index (χ0) is 24.6. The molecule has 0 saturated heterocycles. The first-order chi connectivity index (χ1) is 17.6. The van der Waals surface area contributed by atoms with Crippen molar-refractivity contribution in [3.8, 4) is 5.75 Å². The number of imidazole rings is 1. The molecule has 1 aliphatic heterocycles. The molecule has 2 aromatic heterocycles. The number of rotatable bonds is 5. The molecule has 8 heteroatoms. The Balaban J connectivity index is 1.47. The Morgan fingerprint density at radius 3 is 2.75 bits per heavy atom. The number of ether oxygens (including phenoxy) is 2. The average Bonchev–Trinajstić information content (AvgIpc) is 3.43. The molecule has 0 aliphatic carbocycles. The summed E-state index contributed by atoms with van der Waals surface area (Å²) in [5.74, 6) is 1.47. The summed E-state index contributed by atoms with van der Waals surface area (Å²) in [6.07, 6.45) is 0. The van der Waals surface area contributed by atoms with Gasteiger partial charge in [-0.1, -0.05) is 47.6 Å². The molecule has 3 aromatic carbocycles. The fraction of sp³-hybridized carbons (Fsp3) is 0.179. The molecule has 0 fully saturated rings. The van der Waals surface area contributed by atoms with E-state index in [0.717, 1.165) is 56.0 Å². The average molecular weight is 481 g/mol. The normalized spacial score (nSPS) is 14.2. The summed E-state index contributed by atoms with van der Waals surface area (Å²) in [4.78, 5) is 19.1. The van der Waals surface area contributed by atoms with Crippen LogP contribution in [0, 0.1) is 0 Å². The molecular formula is C28H24N4O4. The molecule has 1 aliphatic rings. The Hall–Kier alpha value is -4.43. The molecule has 5 aromatic rings. The number of nitrogens with one attached hydrogen (secondary N) is 1. The van der Waals surface area contributed by atoms with Gasteiger partial charge in [-0.15, -0.1) is 0 Å². The molecule has 3 heterocycles. The number of benzene rings is 3. The third-order valence-electron chi connectivity index (χ3n) is 6.50. The number of para-hydroxylation sites is 3. The highest BCUT2D eigenvalue weighted by Gasteiger charge is 2.23. The Morgan fingerprint density at radius 2 is 1.92 bits per heavy atom. The zero-order valence-corrected chi connectivity index (χ0v) is 19.9. The van der Waals surface area contributed by atoms with E-state index in [4.69, 9.17) is 19.0 Å². The number of H-pyrrole nitrogens is 1. The highest BCUT2D eigenvalue weighted by molar-refractivity contribution is 5.99. The minimum atomic E-state index is -0.585. The van der Waals surface area contributed by atoms with Crippen molar-refractivity contribution < 1.29 is 14.0 Å². The van der Waals surface area contributed by atoms with Gasteiger partial charge in [-0.2, -0.15) is 0 Å². The SMILES string of the molecule is COCc1nc2ccccc2n1Cc1ccc2c(c1)COc1ccccc1C2=C(C)c1noc(=O)[nH]1. The number of hydrogen-bond donors (Lipinski definition) is 1. The second-order valence-electron chi connectivity index (χ2n) is 8.76. The lowest BCUT2D eigenvalue weighted by molar-refractivity contribution is 0.175. The van der Waals surface area contributed by atoms with E-state index in [-0.39, 0.29) is 0 Å². The Morgan fingerprint density at radius 1 is 1.08 bits per heavy atom. The molecular weight excluding hydrogens is 456 g/mol. The number of methoxy groups -OCH3 is 1. The smallest absolute Gasteiger partial charge is 0.439 e. The number of aromatic nitrogens is 4. The third kappa shape index (κ3) is 3.81. The van der Waals surface area contributed by atoms with Crippen LogP contribution >= 0.6 is 0 Å². The van der Waals surface area contributed by atoms with Crippen LogP contribution in [0.1, 0.15) is 40.8 Å². The summed E-state index contributed by atoms with van der Waals surface area (Å²) >= 11 is 0. The van der Waals surface area contributed by atoms with Crippen LogP contribution in [0.25, 0.3) is 22.2 Å². The van der Waals surface area contributed by atoms with Gasteiger partial charge >= 0.3 is 5.76 Å². The maximum atomic E-state index is 11.7.